The predicted molar refractivity (Wildman–Crippen MR) is 93.0 cm³/mol. The van der Waals surface area contributed by atoms with E-state index in [4.69, 9.17) is 9.47 Å². The molecule has 0 aliphatic rings. The smallest absolute Gasteiger partial charge is 0.419 e. The number of carbonyl (C=O) groups is 3. The first-order valence-corrected chi connectivity index (χ1v) is 8.14. The van der Waals surface area contributed by atoms with E-state index in [-0.39, 0.29) is 6.42 Å². The van der Waals surface area contributed by atoms with Gasteiger partial charge < -0.3 is 14.6 Å². The number of carboxylic acids is 1. The van der Waals surface area contributed by atoms with Gasteiger partial charge in [-0.2, -0.15) is 0 Å². The third-order valence-corrected chi connectivity index (χ3v) is 3.08. The molecule has 9 nitrogen and oxygen atoms in total. The number of aromatic nitrogens is 2. The van der Waals surface area contributed by atoms with Crippen molar-refractivity contribution in [2.45, 2.75) is 65.2 Å². The van der Waals surface area contributed by atoms with Crippen LogP contribution in [0.5, 0.6) is 0 Å². The Morgan fingerprint density at radius 2 is 1.69 bits per heavy atom. The normalized spacial score (nSPS) is 13.0. The van der Waals surface area contributed by atoms with E-state index in [0.29, 0.717) is 5.69 Å². The second kappa shape index (κ2) is 7.76. The highest BCUT2D eigenvalue weighted by Gasteiger charge is 2.31. The van der Waals surface area contributed by atoms with Crippen LogP contribution in [-0.2, 0) is 20.7 Å². The third-order valence-electron chi connectivity index (χ3n) is 3.08. The van der Waals surface area contributed by atoms with E-state index >= 15 is 0 Å². The lowest BCUT2D eigenvalue weighted by Crippen LogP contribution is -2.46. The lowest BCUT2D eigenvalue weighted by atomic mass is 10.1. The van der Waals surface area contributed by atoms with Gasteiger partial charge >= 0.3 is 18.2 Å². The largest absolute Gasteiger partial charge is 0.480 e. The first-order valence-electron chi connectivity index (χ1n) is 8.14. The highest BCUT2D eigenvalue weighted by molar-refractivity contribution is 5.80. The van der Waals surface area contributed by atoms with Crippen LogP contribution in [0.4, 0.5) is 9.59 Å². The zero-order chi connectivity index (χ0) is 20.3. The summed E-state index contributed by atoms with van der Waals surface area (Å²) in [6.07, 6.45) is 1.17. The minimum Gasteiger partial charge on any atom is -0.480 e. The van der Waals surface area contributed by atoms with E-state index in [0.717, 1.165) is 9.47 Å². The summed E-state index contributed by atoms with van der Waals surface area (Å²) in [7, 11) is 1.34. The molecule has 9 heteroatoms. The summed E-state index contributed by atoms with van der Waals surface area (Å²) in [4.78, 5) is 40.7. The number of carboxylic acid groups (broad SMARTS) is 1. The van der Waals surface area contributed by atoms with E-state index < -0.39 is 35.4 Å². The molecule has 146 valence electrons. The quantitative estimate of drug-likeness (QED) is 0.868. The molecule has 0 aliphatic heterocycles. The predicted octanol–water partition coefficient (Wildman–Crippen LogP) is 2.53. The lowest BCUT2D eigenvalue weighted by Gasteiger charge is -2.28. The van der Waals surface area contributed by atoms with Crippen LogP contribution in [0.1, 0.15) is 47.2 Å². The molecule has 0 fully saturated rings. The molecule has 1 amide bonds. The van der Waals surface area contributed by atoms with Gasteiger partial charge in [-0.3, -0.25) is 4.90 Å². The maximum Gasteiger partial charge on any atom is 0.419 e. The fourth-order valence-corrected chi connectivity index (χ4v) is 1.93. The molecule has 0 saturated heterocycles. The van der Waals surface area contributed by atoms with Crippen molar-refractivity contribution in [1.82, 2.24) is 14.5 Å². The number of ether oxygens (including phenoxy) is 2. The number of carbonyl (C=O) groups excluding carboxylic acids is 2. The van der Waals surface area contributed by atoms with Crippen molar-refractivity contribution in [1.29, 1.82) is 0 Å². The summed E-state index contributed by atoms with van der Waals surface area (Å²) in [6.45, 7) is 10.3. The van der Waals surface area contributed by atoms with Crippen molar-refractivity contribution in [2.24, 2.45) is 0 Å². The number of hydrogen-bond donors (Lipinski definition) is 1. The summed E-state index contributed by atoms with van der Waals surface area (Å²) in [5.41, 5.74) is -1.08. The van der Waals surface area contributed by atoms with Crippen LogP contribution >= 0.6 is 0 Å². The van der Waals surface area contributed by atoms with Gasteiger partial charge in [0.2, 0.25) is 0 Å². The average molecular weight is 369 g/mol. The molecular weight excluding hydrogens is 342 g/mol. The Bertz CT molecular complexity index is 669. The van der Waals surface area contributed by atoms with Gasteiger partial charge in [0.25, 0.3) is 0 Å². The summed E-state index contributed by atoms with van der Waals surface area (Å²) >= 11 is 0. The molecule has 0 unspecified atom stereocenters. The highest BCUT2D eigenvalue weighted by Crippen LogP contribution is 2.14. The van der Waals surface area contributed by atoms with Crippen molar-refractivity contribution >= 4 is 18.2 Å². The number of rotatable bonds is 4. The van der Waals surface area contributed by atoms with E-state index in [1.165, 1.54) is 19.6 Å². The molecule has 1 rings (SSSR count). The van der Waals surface area contributed by atoms with Crippen LogP contribution in [-0.4, -0.2) is 62.0 Å². The number of hydrogen-bond acceptors (Lipinski definition) is 6. The second-order valence-corrected chi connectivity index (χ2v) is 7.90. The molecule has 1 aromatic rings. The van der Waals surface area contributed by atoms with Crippen LogP contribution in [0, 0.1) is 0 Å². The summed E-state index contributed by atoms with van der Waals surface area (Å²) < 4.78 is 11.5. The fraction of sp³-hybridized carbons (Fsp3) is 0.647. The zero-order valence-electron chi connectivity index (χ0n) is 16.3. The first kappa shape index (κ1) is 21.5. The van der Waals surface area contributed by atoms with Crippen molar-refractivity contribution in [3.63, 3.8) is 0 Å². The van der Waals surface area contributed by atoms with Crippen molar-refractivity contribution < 1.29 is 29.0 Å². The molecule has 0 aliphatic carbocycles. The SMILES string of the molecule is CN(C(=O)OC(C)(C)C)[C@@H](Cc1cn(C(=O)OC(C)(C)C)cn1)C(=O)O. The summed E-state index contributed by atoms with van der Waals surface area (Å²) in [6, 6.07) is -1.19. The van der Waals surface area contributed by atoms with Gasteiger partial charge in [-0.25, -0.2) is 23.9 Å². The lowest BCUT2D eigenvalue weighted by molar-refractivity contribution is -0.142. The van der Waals surface area contributed by atoms with Gasteiger partial charge in [-0.1, -0.05) is 0 Å². The number of amides is 1. The van der Waals surface area contributed by atoms with Crippen LogP contribution in [0.3, 0.4) is 0 Å². The minimum atomic E-state index is -1.20. The Kier molecular flexibility index (Phi) is 6.40. The number of aliphatic carboxylic acids is 1. The van der Waals surface area contributed by atoms with Crippen molar-refractivity contribution in [2.75, 3.05) is 7.05 Å². The van der Waals surface area contributed by atoms with Crippen molar-refractivity contribution in [3.8, 4) is 0 Å². The number of nitrogens with zero attached hydrogens (tertiary/aromatic N) is 3. The van der Waals surface area contributed by atoms with Crippen LogP contribution in [0.15, 0.2) is 12.5 Å². The number of likely N-dealkylation sites (N-methyl/N-ethyl adjacent to an activating group) is 1. The van der Waals surface area contributed by atoms with Gasteiger partial charge in [0, 0.05) is 19.7 Å². The van der Waals surface area contributed by atoms with Crippen molar-refractivity contribution in [3.05, 3.63) is 18.2 Å². The van der Waals surface area contributed by atoms with Gasteiger partial charge in [-0.05, 0) is 41.5 Å². The molecule has 1 aromatic heterocycles. The molecule has 1 N–H and O–H groups in total. The average Bonchev–Trinajstić information content (AvgIpc) is 2.88. The van der Waals surface area contributed by atoms with Gasteiger partial charge in [0.15, 0.2) is 0 Å². The molecular formula is C17H27N3O6. The maximum absolute atomic E-state index is 12.1. The zero-order valence-corrected chi connectivity index (χ0v) is 16.3. The molecule has 0 saturated carbocycles. The van der Waals surface area contributed by atoms with Crippen LogP contribution in [0.25, 0.3) is 0 Å². The maximum atomic E-state index is 12.1. The fourth-order valence-electron chi connectivity index (χ4n) is 1.93. The first-order chi connectivity index (χ1) is 11.7. The van der Waals surface area contributed by atoms with Gasteiger partial charge in [0.1, 0.15) is 23.6 Å². The Labute approximate surface area is 152 Å². The van der Waals surface area contributed by atoms with E-state index in [2.05, 4.69) is 4.98 Å². The summed E-state index contributed by atoms with van der Waals surface area (Å²) in [5.74, 6) is -1.20. The molecule has 26 heavy (non-hydrogen) atoms. The van der Waals surface area contributed by atoms with Crippen LogP contribution < -0.4 is 0 Å². The molecule has 1 atom stereocenters. The Hall–Kier alpha value is -2.58. The standard InChI is InChI=1S/C17H27N3O6/c1-16(2,3)25-14(23)19(7)12(13(21)22)8-11-9-20(10-18-11)15(24)26-17(4,5)6/h9-10,12H,8H2,1-7H3,(H,21,22)/t12-/m0/s1. The molecule has 0 radical (unpaired) electrons. The Morgan fingerprint density at radius 1 is 1.15 bits per heavy atom. The molecule has 0 bridgehead atoms. The van der Waals surface area contributed by atoms with Gasteiger partial charge in [-0.15, -0.1) is 0 Å². The number of imidazole rings is 1. The molecule has 0 spiro atoms. The van der Waals surface area contributed by atoms with E-state index in [1.54, 1.807) is 41.5 Å². The highest BCUT2D eigenvalue weighted by atomic mass is 16.6. The second-order valence-electron chi connectivity index (χ2n) is 7.90. The Morgan fingerprint density at radius 3 is 2.15 bits per heavy atom. The van der Waals surface area contributed by atoms with E-state index in [1.807, 2.05) is 0 Å². The van der Waals surface area contributed by atoms with E-state index in [9.17, 15) is 19.5 Å². The Balaban J connectivity index is 2.87. The summed E-state index contributed by atoms with van der Waals surface area (Å²) in [5, 5.41) is 9.45. The van der Waals surface area contributed by atoms with Crippen LogP contribution in [0.2, 0.25) is 0 Å². The monoisotopic (exact) mass is 369 g/mol. The molecule has 0 aromatic carbocycles. The van der Waals surface area contributed by atoms with Gasteiger partial charge in [0.05, 0.1) is 5.69 Å². The molecule has 1 heterocycles. The minimum absolute atomic E-state index is 0.0825. The topological polar surface area (TPSA) is 111 Å². The third kappa shape index (κ3) is 6.73.